The van der Waals surface area contributed by atoms with Crippen LogP contribution in [-0.4, -0.2) is 26.0 Å². The van der Waals surface area contributed by atoms with Crippen molar-refractivity contribution in [2.45, 2.75) is 25.1 Å². The van der Waals surface area contributed by atoms with E-state index in [9.17, 15) is 4.79 Å². The van der Waals surface area contributed by atoms with Crippen molar-refractivity contribution in [1.82, 2.24) is 5.32 Å². The van der Waals surface area contributed by atoms with Gasteiger partial charge < -0.3 is 19.5 Å². The van der Waals surface area contributed by atoms with Crippen LogP contribution in [0, 0.1) is 0 Å². The summed E-state index contributed by atoms with van der Waals surface area (Å²) in [5.41, 5.74) is 0.829. The number of nitrogens with one attached hydrogen (secondary N) is 1. The van der Waals surface area contributed by atoms with E-state index in [1.807, 2.05) is 43.3 Å². The number of anilines is 1. The van der Waals surface area contributed by atoms with Gasteiger partial charge in [0.1, 0.15) is 5.75 Å². The van der Waals surface area contributed by atoms with E-state index in [1.54, 1.807) is 19.1 Å². The van der Waals surface area contributed by atoms with Crippen LogP contribution in [0.15, 0.2) is 40.9 Å². The van der Waals surface area contributed by atoms with Crippen molar-refractivity contribution in [3.8, 4) is 17.2 Å². The summed E-state index contributed by atoms with van der Waals surface area (Å²) in [7, 11) is 3.22. The molecule has 0 aliphatic carbocycles. The summed E-state index contributed by atoms with van der Waals surface area (Å²) in [4.78, 5) is 14.5. The SMILES string of the molecule is COc1ccc(N2C(=O)NC3C[C@@]2(C)Oc2c(OC)cc(Br)cc23)cc1. The van der Waals surface area contributed by atoms with Crippen LogP contribution < -0.4 is 24.4 Å². The molecule has 1 N–H and O–H groups in total. The second kappa shape index (κ2) is 6.09. The van der Waals surface area contributed by atoms with Crippen LogP contribution in [0.5, 0.6) is 17.2 Å². The van der Waals surface area contributed by atoms with Crippen molar-refractivity contribution in [2.24, 2.45) is 0 Å². The number of hydrogen-bond donors (Lipinski definition) is 1. The molecule has 0 aromatic heterocycles. The van der Waals surface area contributed by atoms with Crippen molar-refractivity contribution in [2.75, 3.05) is 19.1 Å². The highest BCUT2D eigenvalue weighted by molar-refractivity contribution is 9.10. The van der Waals surface area contributed by atoms with Crippen molar-refractivity contribution >= 4 is 27.6 Å². The molecule has 7 heteroatoms. The van der Waals surface area contributed by atoms with Crippen molar-refractivity contribution in [3.05, 3.63) is 46.4 Å². The minimum Gasteiger partial charge on any atom is -0.497 e. The van der Waals surface area contributed by atoms with E-state index in [-0.39, 0.29) is 12.1 Å². The summed E-state index contributed by atoms with van der Waals surface area (Å²) < 4.78 is 17.9. The molecular weight excluding hydrogens is 400 g/mol. The number of carbonyl (C=O) groups is 1. The third kappa shape index (κ3) is 2.58. The Morgan fingerprint density at radius 2 is 1.96 bits per heavy atom. The van der Waals surface area contributed by atoms with Gasteiger partial charge in [0, 0.05) is 22.1 Å². The zero-order valence-corrected chi connectivity index (χ0v) is 16.3. The molecule has 2 heterocycles. The predicted octanol–water partition coefficient (Wildman–Crippen LogP) is 4.24. The Kier molecular flexibility index (Phi) is 3.99. The van der Waals surface area contributed by atoms with Gasteiger partial charge in [0.2, 0.25) is 0 Å². The Morgan fingerprint density at radius 1 is 1.23 bits per heavy atom. The smallest absolute Gasteiger partial charge is 0.325 e. The lowest BCUT2D eigenvalue weighted by Crippen LogP contribution is -2.65. The number of urea groups is 1. The molecule has 4 rings (SSSR count). The summed E-state index contributed by atoms with van der Waals surface area (Å²) in [6.45, 7) is 1.92. The fourth-order valence-corrected chi connectivity index (χ4v) is 4.13. The fourth-order valence-electron chi connectivity index (χ4n) is 3.67. The Hall–Kier alpha value is -2.41. The first-order valence-corrected chi connectivity index (χ1v) is 9.06. The van der Waals surface area contributed by atoms with E-state index in [0.29, 0.717) is 17.9 Å². The normalized spacial score (nSPS) is 23.6. The third-order valence-corrected chi connectivity index (χ3v) is 5.31. The maximum absolute atomic E-state index is 12.9. The van der Waals surface area contributed by atoms with E-state index in [1.165, 1.54) is 0 Å². The highest BCUT2D eigenvalue weighted by Crippen LogP contribution is 2.50. The lowest BCUT2D eigenvalue weighted by atomic mass is 9.90. The Balaban J connectivity index is 1.79. The van der Waals surface area contributed by atoms with E-state index in [0.717, 1.165) is 21.5 Å². The van der Waals surface area contributed by atoms with Gasteiger partial charge in [-0.05, 0) is 43.3 Å². The molecule has 136 valence electrons. The lowest BCUT2D eigenvalue weighted by molar-refractivity contribution is 0.0349. The van der Waals surface area contributed by atoms with Gasteiger partial charge in [0.15, 0.2) is 17.2 Å². The predicted molar refractivity (Wildman–Crippen MR) is 101 cm³/mol. The molecule has 2 aliphatic heterocycles. The van der Waals surface area contributed by atoms with Crippen molar-refractivity contribution in [3.63, 3.8) is 0 Å². The Bertz CT molecular complexity index is 871. The number of rotatable bonds is 3. The molecule has 2 bridgehead atoms. The monoisotopic (exact) mass is 418 g/mol. The van der Waals surface area contributed by atoms with Crippen LogP contribution in [-0.2, 0) is 0 Å². The highest BCUT2D eigenvalue weighted by atomic mass is 79.9. The second-order valence-corrected chi connectivity index (χ2v) is 7.46. The van der Waals surface area contributed by atoms with Gasteiger partial charge in [-0.15, -0.1) is 0 Å². The number of halogens is 1. The summed E-state index contributed by atoms with van der Waals surface area (Å²) in [5.74, 6) is 2.03. The van der Waals surface area contributed by atoms with Crippen LogP contribution in [0.1, 0.15) is 24.9 Å². The Labute approximate surface area is 160 Å². The number of ether oxygens (including phenoxy) is 3. The zero-order valence-electron chi connectivity index (χ0n) is 14.7. The molecule has 2 aliphatic rings. The van der Waals surface area contributed by atoms with Gasteiger partial charge in [0.05, 0.1) is 20.3 Å². The Morgan fingerprint density at radius 3 is 2.62 bits per heavy atom. The number of benzene rings is 2. The van der Waals surface area contributed by atoms with E-state index < -0.39 is 5.72 Å². The van der Waals surface area contributed by atoms with Gasteiger partial charge in [-0.25, -0.2) is 4.79 Å². The summed E-state index contributed by atoms with van der Waals surface area (Å²) >= 11 is 3.49. The molecule has 0 radical (unpaired) electrons. The minimum atomic E-state index is -0.824. The average Bonchev–Trinajstić information content (AvgIpc) is 2.62. The summed E-state index contributed by atoms with van der Waals surface area (Å²) in [5, 5.41) is 3.08. The third-order valence-electron chi connectivity index (χ3n) is 4.85. The maximum Gasteiger partial charge on any atom is 0.325 e. The number of nitrogens with zero attached hydrogens (tertiary/aromatic N) is 1. The van der Waals surface area contributed by atoms with Gasteiger partial charge in [-0.1, -0.05) is 15.9 Å². The van der Waals surface area contributed by atoms with Crippen LogP contribution >= 0.6 is 15.9 Å². The van der Waals surface area contributed by atoms with Crippen molar-refractivity contribution in [1.29, 1.82) is 0 Å². The van der Waals surface area contributed by atoms with Gasteiger partial charge in [-0.2, -0.15) is 0 Å². The van der Waals surface area contributed by atoms with E-state index in [4.69, 9.17) is 14.2 Å². The molecule has 0 spiro atoms. The van der Waals surface area contributed by atoms with Gasteiger partial charge in [-0.3, -0.25) is 4.90 Å². The summed E-state index contributed by atoms with van der Waals surface area (Å²) in [6, 6.07) is 10.8. The van der Waals surface area contributed by atoms with Crippen LogP contribution in [0.25, 0.3) is 0 Å². The largest absolute Gasteiger partial charge is 0.497 e. The first-order valence-electron chi connectivity index (χ1n) is 8.26. The summed E-state index contributed by atoms with van der Waals surface area (Å²) in [6.07, 6.45) is 0.622. The standard InChI is InChI=1S/C19H19BrN2O4/c1-19-10-15(14-8-11(20)9-16(25-3)17(14)26-19)21-18(23)22(19)12-4-6-13(24-2)7-5-12/h4-9,15H,10H2,1-3H3,(H,21,23)/t15?,19-/m1/s1. The second-order valence-electron chi connectivity index (χ2n) is 6.54. The fraction of sp³-hybridized carbons (Fsp3) is 0.316. The molecule has 2 aromatic carbocycles. The number of fused-ring (bicyclic) bond motifs is 4. The maximum atomic E-state index is 12.9. The number of amides is 2. The topological polar surface area (TPSA) is 60.0 Å². The average molecular weight is 419 g/mol. The molecule has 6 nitrogen and oxygen atoms in total. The van der Waals surface area contributed by atoms with Crippen molar-refractivity contribution < 1.29 is 19.0 Å². The highest BCUT2D eigenvalue weighted by Gasteiger charge is 2.50. The number of methoxy groups -OCH3 is 2. The number of carbonyl (C=O) groups excluding carboxylic acids is 1. The van der Waals surface area contributed by atoms with E-state index in [2.05, 4.69) is 21.2 Å². The molecule has 1 saturated heterocycles. The lowest BCUT2D eigenvalue weighted by Gasteiger charge is -2.50. The van der Waals surface area contributed by atoms with Crippen LogP contribution in [0.2, 0.25) is 0 Å². The van der Waals surface area contributed by atoms with E-state index >= 15 is 0 Å². The molecule has 1 fully saturated rings. The minimum absolute atomic E-state index is 0.142. The van der Waals surface area contributed by atoms with Gasteiger partial charge >= 0.3 is 6.03 Å². The molecule has 2 aromatic rings. The molecular formula is C19H19BrN2O4. The quantitative estimate of drug-likeness (QED) is 0.809. The van der Waals surface area contributed by atoms with Gasteiger partial charge in [0.25, 0.3) is 0 Å². The molecule has 26 heavy (non-hydrogen) atoms. The van der Waals surface area contributed by atoms with Crippen LogP contribution in [0.4, 0.5) is 10.5 Å². The first kappa shape index (κ1) is 17.0. The molecule has 2 amide bonds. The van der Waals surface area contributed by atoms with Crippen LogP contribution in [0.3, 0.4) is 0 Å². The number of hydrogen-bond acceptors (Lipinski definition) is 4. The zero-order chi connectivity index (χ0) is 18.5. The molecule has 2 atom stereocenters. The molecule has 0 saturated carbocycles. The molecule has 1 unspecified atom stereocenters. The first-order chi connectivity index (χ1) is 12.4.